The van der Waals surface area contributed by atoms with Crippen molar-refractivity contribution >= 4 is 16.7 Å². The molecule has 1 aliphatic carbocycles. The Bertz CT molecular complexity index is 1050. The largest absolute Gasteiger partial charge is 0.506 e. The Morgan fingerprint density at radius 1 is 1.17 bits per heavy atom. The highest BCUT2D eigenvalue weighted by molar-refractivity contribution is 5.98. The third-order valence-electron chi connectivity index (χ3n) is 5.27. The molecule has 10 heteroatoms. The summed E-state index contributed by atoms with van der Waals surface area (Å²) in [5.74, 6) is -0.151. The molecule has 4 rings (SSSR count). The van der Waals surface area contributed by atoms with Gasteiger partial charge in [0.25, 0.3) is 0 Å². The zero-order valence-corrected chi connectivity index (χ0v) is 15.6. The summed E-state index contributed by atoms with van der Waals surface area (Å²) in [5, 5.41) is 32.6. The zero-order chi connectivity index (χ0) is 20.8. The lowest BCUT2D eigenvalue weighted by Crippen LogP contribution is -2.36. The van der Waals surface area contributed by atoms with E-state index in [1.54, 1.807) is 23.9 Å². The number of aryl methyl sites for hydroxylation is 1. The van der Waals surface area contributed by atoms with E-state index in [1.807, 2.05) is 0 Å². The van der Waals surface area contributed by atoms with E-state index >= 15 is 0 Å². The maximum absolute atomic E-state index is 12.9. The molecule has 3 N–H and O–H groups in total. The quantitative estimate of drug-likeness (QED) is 0.615. The molecule has 0 amide bonds. The van der Waals surface area contributed by atoms with E-state index in [-0.39, 0.29) is 17.4 Å². The van der Waals surface area contributed by atoms with E-state index in [1.165, 1.54) is 0 Å². The van der Waals surface area contributed by atoms with Crippen LogP contribution in [-0.2, 0) is 13.2 Å². The third-order valence-corrected chi connectivity index (χ3v) is 5.27. The van der Waals surface area contributed by atoms with Crippen molar-refractivity contribution in [2.75, 3.05) is 5.32 Å². The van der Waals surface area contributed by atoms with Crippen molar-refractivity contribution in [2.24, 2.45) is 7.05 Å². The number of hydrogen-bond acceptors (Lipinski definition) is 6. The molecule has 3 heterocycles. The van der Waals surface area contributed by atoms with Crippen LogP contribution >= 0.6 is 0 Å². The second-order valence-corrected chi connectivity index (χ2v) is 7.28. The van der Waals surface area contributed by atoms with Crippen LogP contribution in [0.15, 0.2) is 24.5 Å². The van der Waals surface area contributed by atoms with Gasteiger partial charge >= 0.3 is 6.18 Å². The van der Waals surface area contributed by atoms with Gasteiger partial charge in [-0.15, -0.1) is 10.2 Å². The van der Waals surface area contributed by atoms with Gasteiger partial charge in [-0.05, 0) is 25.0 Å². The summed E-state index contributed by atoms with van der Waals surface area (Å²) >= 11 is 0. The highest BCUT2D eigenvalue weighted by atomic mass is 19.4. The van der Waals surface area contributed by atoms with Crippen LogP contribution < -0.4 is 5.32 Å². The van der Waals surface area contributed by atoms with Gasteiger partial charge in [-0.1, -0.05) is 12.8 Å². The average molecular weight is 407 g/mol. The van der Waals surface area contributed by atoms with Crippen LogP contribution in [0.5, 0.6) is 5.75 Å². The summed E-state index contributed by atoms with van der Waals surface area (Å²) < 4.78 is 40.3. The summed E-state index contributed by atoms with van der Waals surface area (Å²) in [6, 6.07) is 2.28. The SMILES string of the molecule is Cn1ccc2c(N[C@@H]3CCCC[C@H]3O)nnc(-c3ncc(C(F)(F)F)cc3O)c21. The predicted molar refractivity (Wildman–Crippen MR) is 100 cm³/mol. The Morgan fingerprint density at radius 3 is 2.62 bits per heavy atom. The Kier molecular flexibility index (Phi) is 4.81. The Morgan fingerprint density at radius 2 is 1.93 bits per heavy atom. The monoisotopic (exact) mass is 407 g/mol. The summed E-state index contributed by atoms with van der Waals surface area (Å²) in [6.45, 7) is 0. The van der Waals surface area contributed by atoms with Crippen molar-refractivity contribution in [1.82, 2.24) is 19.7 Å². The maximum Gasteiger partial charge on any atom is 0.418 e. The molecule has 7 nitrogen and oxygen atoms in total. The first kappa shape index (κ1) is 19.4. The first-order valence-corrected chi connectivity index (χ1v) is 9.28. The smallest absolute Gasteiger partial charge is 0.418 e. The van der Waals surface area contributed by atoms with Crippen molar-refractivity contribution in [2.45, 2.75) is 44.0 Å². The van der Waals surface area contributed by atoms with Crippen LogP contribution in [-0.4, -0.2) is 42.1 Å². The highest BCUT2D eigenvalue weighted by Gasteiger charge is 2.32. The van der Waals surface area contributed by atoms with Gasteiger partial charge in [0.2, 0.25) is 0 Å². The summed E-state index contributed by atoms with van der Waals surface area (Å²) in [5.41, 5.74) is -0.384. The van der Waals surface area contributed by atoms with Gasteiger partial charge in [-0.25, -0.2) is 4.98 Å². The molecule has 0 unspecified atom stereocenters. The zero-order valence-electron chi connectivity index (χ0n) is 15.6. The predicted octanol–water partition coefficient (Wildman–Crippen LogP) is 3.47. The summed E-state index contributed by atoms with van der Waals surface area (Å²) in [4.78, 5) is 3.80. The Hall–Kier alpha value is -2.88. The van der Waals surface area contributed by atoms with Crippen molar-refractivity contribution < 1.29 is 23.4 Å². The first-order chi connectivity index (χ1) is 13.8. The molecule has 154 valence electrons. The molecule has 0 saturated heterocycles. The second kappa shape index (κ2) is 7.18. The number of aromatic hydroxyl groups is 1. The standard InChI is InChI=1S/C19H20F3N5O2/c1-27-7-6-11-17(27)16(15-14(29)8-10(9-23-15)19(20,21)22)25-26-18(11)24-12-4-2-3-5-13(12)28/h6-9,12-13,28-29H,2-5H2,1H3,(H,24,26)/t12-,13-/m1/s1. The number of aromatic nitrogens is 4. The fraction of sp³-hybridized carbons (Fsp3) is 0.421. The second-order valence-electron chi connectivity index (χ2n) is 7.28. The third kappa shape index (κ3) is 3.59. The number of nitrogens with one attached hydrogen (secondary N) is 1. The lowest BCUT2D eigenvalue weighted by molar-refractivity contribution is -0.137. The van der Waals surface area contributed by atoms with Gasteiger partial charge in [-0.3, -0.25) is 0 Å². The molecule has 3 aromatic rings. The van der Waals surface area contributed by atoms with Gasteiger partial charge in [0.05, 0.1) is 23.2 Å². The molecule has 0 aromatic carbocycles. The Balaban J connectivity index is 1.77. The molecular formula is C19H20F3N5O2. The van der Waals surface area contributed by atoms with Crippen molar-refractivity contribution in [3.63, 3.8) is 0 Å². The minimum Gasteiger partial charge on any atom is -0.506 e. The molecule has 0 bridgehead atoms. The molecular weight excluding hydrogens is 387 g/mol. The summed E-state index contributed by atoms with van der Waals surface area (Å²) in [7, 11) is 1.76. The van der Waals surface area contributed by atoms with Gasteiger partial charge in [-0.2, -0.15) is 13.2 Å². The number of pyridine rings is 1. The molecule has 0 aliphatic heterocycles. The van der Waals surface area contributed by atoms with Gasteiger partial charge < -0.3 is 20.1 Å². The van der Waals surface area contributed by atoms with E-state index < -0.39 is 23.6 Å². The molecule has 1 aliphatic rings. The lowest BCUT2D eigenvalue weighted by atomic mass is 9.92. The molecule has 1 saturated carbocycles. The fourth-order valence-electron chi connectivity index (χ4n) is 3.73. The minimum absolute atomic E-state index is 0.0819. The number of aliphatic hydroxyl groups excluding tert-OH is 1. The van der Waals surface area contributed by atoms with Crippen LogP contribution in [0.1, 0.15) is 31.2 Å². The number of aliphatic hydroxyl groups is 1. The lowest BCUT2D eigenvalue weighted by Gasteiger charge is -2.28. The van der Waals surface area contributed by atoms with Crippen molar-refractivity contribution in [1.29, 1.82) is 0 Å². The van der Waals surface area contributed by atoms with E-state index in [4.69, 9.17) is 0 Å². The average Bonchev–Trinajstić information content (AvgIpc) is 3.06. The number of hydrogen-bond donors (Lipinski definition) is 3. The molecule has 29 heavy (non-hydrogen) atoms. The van der Waals surface area contributed by atoms with E-state index in [9.17, 15) is 23.4 Å². The molecule has 0 spiro atoms. The highest BCUT2D eigenvalue weighted by Crippen LogP contribution is 2.37. The van der Waals surface area contributed by atoms with Crippen LogP contribution in [0.4, 0.5) is 19.0 Å². The van der Waals surface area contributed by atoms with Crippen molar-refractivity contribution in [3.8, 4) is 17.1 Å². The van der Waals surface area contributed by atoms with Gasteiger partial charge in [0, 0.05) is 24.8 Å². The number of alkyl halides is 3. The topological polar surface area (TPSA) is 96.1 Å². The van der Waals surface area contributed by atoms with Crippen LogP contribution in [0.3, 0.4) is 0 Å². The van der Waals surface area contributed by atoms with Crippen LogP contribution in [0.2, 0.25) is 0 Å². The van der Waals surface area contributed by atoms with Crippen LogP contribution in [0.25, 0.3) is 22.3 Å². The van der Waals surface area contributed by atoms with E-state index in [2.05, 4.69) is 20.5 Å². The fourth-order valence-corrected chi connectivity index (χ4v) is 3.73. The molecule has 2 atom stereocenters. The molecule has 0 radical (unpaired) electrons. The van der Waals surface area contributed by atoms with Crippen molar-refractivity contribution in [3.05, 3.63) is 30.1 Å². The Labute approximate surface area is 164 Å². The number of fused-ring (bicyclic) bond motifs is 1. The van der Waals surface area contributed by atoms with E-state index in [0.717, 1.165) is 19.3 Å². The maximum atomic E-state index is 12.9. The van der Waals surface area contributed by atoms with Crippen LogP contribution in [0, 0.1) is 0 Å². The number of nitrogens with zero attached hydrogens (tertiary/aromatic N) is 4. The normalized spacial score (nSPS) is 20.2. The number of anilines is 1. The van der Waals surface area contributed by atoms with E-state index in [0.29, 0.717) is 35.4 Å². The molecule has 1 fully saturated rings. The number of halogens is 3. The number of rotatable bonds is 3. The minimum atomic E-state index is -4.61. The van der Waals surface area contributed by atoms with Gasteiger partial charge in [0.15, 0.2) is 5.82 Å². The molecule has 3 aromatic heterocycles. The first-order valence-electron chi connectivity index (χ1n) is 9.28. The summed E-state index contributed by atoms with van der Waals surface area (Å²) in [6.07, 6.45) is 0.834. The van der Waals surface area contributed by atoms with Gasteiger partial charge in [0.1, 0.15) is 17.1 Å².